The van der Waals surface area contributed by atoms with Crippen LogP contribution >= 0.6 is 11.6 Å². The molecule has 0 aromatic heterocycles. The third-order valence-corrected chi connectivity index (χ3v) is 3.45. The van der Waals surface area contributed by atoms with Crippen molar-refractivity contribution in [2.75, 3.05) is 13.2 Å². The largest absolute Gasteiger partial charge is 0.380 e. The van der Waals surface area contributed by atoms with E-state index >= 15 is 0 Å². The second-order valence-corrected chi connectivity index (χ2v) is 4.93. The Balaban J connectivity index is 1.78. The number of hydrogen-bond donors (Lipinski definition) is 0. The lowest BCUT2D eigenvalue weighted by Crippen LogP contribution is -2.33. The Morgan fingerprint density at radius 2 is 2.39 bits per heavy atom. The summed E-state index contributed by atoms with van der Waals surface area (Å²) in [4.78, 5) is 12.1. The molecule has 18 heavy (non-hydrogen) atoms. The first-order chi connectivity index (χ1) is 8.74. The minimum absolute atomic E-state index is 0.0321. The van der Waals surface area contributed by atoms with E-state index in [1.165, 1.54) is 5.01 Å². The lowest BCUT2D eigenvalue weighted by atomic mass is 10.0. The van der Waals surface area contributed by atoms with Gasteiger partial charge in [-0.15, -0.1) is 0 Å². The molecule has 1 atom stereocenters. The summed E-state index contributed by atoms with van der Waals surface area (Å²) in [6, 6.07) is 7.49. The number of hydrazone groups is 1. The zero-order chi connectivity index (χ0) is 12.5. The predicted octanol–water partition coefficient (Wildman–Crippen LogP) is 2.07. The average Bonchev–Trinajstić information content (AvgIpc) is 2.67. The molecule has 2 aliphatic heterocycles. The summed E-state index contributed by atoms with van der Waals surface area (Å²) < 4.78 is 5.32. The molecule has 0 aliphatic carbocycles. The summed E-state index contributed by atoms with van der Waals surface area (Å²) in [6.45, 7) is 1.59. The molecule has 0 radical (unpaired) electrons. The Labute approximate surface area is 110 Å². The number of carbonyl (C=O) groups excluding carboxylic acids is 1. The van der Waals surface area contributed by atoms with Crippen molar-refractivity contribution in [3.63, 3.8) is 0 Å². The first-order valence-electron chi connectivity index (χ1n) is 5.95. The highest BCUT2D eigenvalue weighted by Crippen LogP contribution is 2.24. The number of halogens is 1. The highest BCUT2D eigenvalue weighted by Gasteiger charge is 2.37. The van der Waals surface area contributed by atoms with Gasteiger partial charge in [-0.1, -0.05) is 23.7 Å². The van der Waals surface area contributed by atoms with Crippen LogP contribution in [-0.2, 0) is 16.1 Å². The van der Waals surface area contributed by atoms with Crippen LogP contribution in [0.3, 0.4) is 0 Å². The van der Waals surface area contributed by atoms with E-state index in [-0.39, 0.29) is 11.8 Å². The second kappa shape index (κ2) is 4.71. The van der Waals surface area contributed by atoms with Crippen molar-refractivity contribution in [2.24, 2.45) is 11.0 Å². The van der Waals surface area contributed by atoms with Crippen LogP contribution in [0.2, 0.25) is 5.02 Å². The van der Waals surface area contributed by atoms with Gasteiger partial charge in [-0.3, -0.25) is 4.79 Å². The smallest absolute Gasteiger partial charge is 0.254 e. The second-order valence-electron chi connectivity index (χ2n) is 4.49. The lowest BCUT2D eigenvalue weighted by molar-refractivity contribution is -0.134. The maximum absolute atomic E-state index is 12.1. The van der Waals surface area contributed by atoms with Gasteiger partial charge < -0.3 is 4.74 Å². The molecule has 94 valence electrons. The van der Waals surface area contributed by atoms with Crippen molar-refractivity contribution in [3.8, 4) is 0 Å². The number of nitrogens with zero attached hydrogens (tertiary/aromatic N) is 2. The molecule has 1 saturated heterocycles. The molecule has 5 heteroatoms. The summed E-state index contributed by atoms with van der Waals surface area (Å²) in [5.41, 5.74) is 1.94. The standard InChI is InChI=1S/C13H13ClN2O2/c14-10-3-1-2-9(6-10)7-16-13(17)11-8-18-5-4-12(11)15-16/h1-3,6,11H,4-5,7-8H2. The van der Waals surface area contributed by atoms with Crippen LogP contribution in [0, 0.1) is 5.92 Å². The van der Waals surface area contributed by atoms with Crippen LogP contribution in [0.15, 0.2) is 29.4 Å². The third kappa shape index (κ3) is 2.13. The summed E-state index contributed by atoms with van der Waals surface area (Å²) >= 11 is 5.93. The minimum atomic E-state index is -0.169. The zero-order valence-electron chi connectivity index (χ0n) is 9.80. The number of carbonyl (C=O) groups is 1. The number of hydrogen-bond acceptors (Lipinski definition) is 3. The summed E-state index contributed by atoms with van der Waals surface area (Å²) in [5.74, 6) is -0.136. The van der Waals surface area contributed by atoms with Gasteiger partial charge >= 0.3 is 0 Å². The Kier molecular flexibility index (Phi) is 3.06. The normalized spacial score (nSPS) is 22.9. The van der Waals surface area contributed by atoms with Crippen molar-refractivity contribution in [1.82, 2.24) is 5.01 Å². The van der Waals surface area contributed by atoms with Gasteiger partial charge in [0.1, 0.15) is 5.92 Å². The summed E-state index contributed by atoms with van der Waals surface area (Å²) in [6.07, 6.45) is 0.752. The molecule has 0 bridgehead atoms. The van der Waals surface area contributed by atoms with Gasteiger partial charge in [-0.2, -0.15) is 5.10 Å². The Bertz CT molecular complexity index is 515. The molecule has 0 spiro atoms. The maximum atomic E-state index is 12.1. The van der Waals surface area contributed by atoms with Crippen LogP contribution in [0.1, 0.15) is 12.0 Å². The molecule has 1 amide bonds. The fraction of sp³-hybridized carbons (Fsp3) is 0.385. The molecule has 0 saturated carbocycles. The monoisotopic (exact) mass is 264 g/mol. The molecule has 2 heterocycles. The minimum Gasteiger partial charge on any atom is -0.380 e. The fourth-order valence-corrected chi connectivity index (χ4v) is 2.50. The van der Waals surface area contributed by atoms with Crippen LogP contribution in [0.25, 0.3) is 0 Å². The molecule has 3 rings (SSSR count). The van der Waals surface area contributed by atoms with Crippen molar-refractivity contribution in [2.45, 2.75) is 13.0 Å². The van der Waals surface area contributed by atoms with Crippen LogP contribution in [-0.4, -0.2) is 29.8 Å². The average molecular weight is 265 g/mol. The Morgan fingerprint density at radius 1 is 1.50 bits per heavy atom. The Hall–Kier alpha value is -1.39. The summed E-state index contributed by atoms with van der Waals surface area (Å²) in [5, 5.41) is 6.60. The highest BCUT2D eigenvalue weighted by molar-refractivity contribution is 6.30. The fourth-order valence-electron chi connectivity index (χ4n) is 2.29. The maximum Gasteiger partial charge on any atom is 0.254 e. The topological polar surface area (TPSA) is 41.9 Å². The quantitative estimate of drug-likeness (QED) is 0.821. The molecule has 1 unspecified atom stereocenters. The Morgan fingerprint density at radius 3 is 3.17 bits per heavy atom. The first-order valence-corrected chi connectivity index (χ1v) is 6.33. The van der Waals surface area contributed by atoms with Crippen molar-refractivity contribution < 1.29 is 9.53 Å². The molecule has 4 nitrogen and oxygen atoms in total. The number of ether oxygens (including phenoxy) is 1. The number of rotatable bonds is 2. The highest BCUT2D eigenvalue weighted by atomic mass is 35.5. The zero-order valence-corrected chi connectivity index (χ0v) is 10.6. The van der Waals surface area contributed by atoms with E-state index < -0.39 is 0 Å². The van der Waals surface area contributed by atoms with Gasteiger partial charge in [0, 0.05) is 11.4 Å². The summed E-state index contributed by atoms with van der Waals surface area (Å²) in [7, 11) is 0. The first kappa shape index (κ1) is 11.7. The molecular weight excluding hydrogens is 252 g/mol. The molecule has 1 aromatic carbocycles. The SMILES string of the molecule is O=C1C2COCCC2=NN1Cc1cccc(Cl)c1. The van der Waals surface area contributed by atoms with Gasteiger partial charge in [0.15, 0.2) is 0 Å². The van der Waals surface area contributed by atoms with Crippen LogP contribution in [0.5, 0.6) is 0 Å². The van der Waals surface area contributed by atoms with Crippen molar-refractivity contribution in [1.29, 1.82) is 0 Å². The van der Waals surface area contributed by atoms with E-state index in [0.717, 1.165) is 17.7 Å². The van der Waals surface area contributed by atoms with Crippen LogP contribution < -0.4 is 0 Å². The van der Waals surface area contributed by atoms with Crippen molar-refractivity contribution in [3.05, 3.63) is 34.9 Å². The molecule has 2 aliphatic rings. The van der Waals surface area contributed by atoms with E-state index in [0.29, 0.717) is 24.8 Å². The number of fused-ring (bicyclic) bond motifs is 1. The third-order valence-electron chi connectivity index (χ3n) is 3.21. The van der Waals surface area contributed by atoms with Gasteiger partial charge in [0.25, 0.3) is 5.91 Å². The molecular formula is C13H13ClN2O2. The van der Waals surface area contributed by atoms with Crippen molar-refractivity contribution >= 4 is 23.2 Å². The number of amides is 1. The van der Waals surface area contributed by atoms with Crippen LogP contribution in [0.4, 0.5) is 0 Å². The van der Waals surface area contributed by atoms with Gasteiger partial charge in [-0.05, 0) is 17.7 Å². The van der Waals surface area contributed by atoms with Gasteiger partial charge in [-0.25, -0.2) is 5.01 Å². The van der Waals surface area contributed by atoms with E-state index in [1.807, 2.05) is 24.3 Å². The van der Waals surface area contributed by atoms with E-state index in [4.69, 9.17) is 16.3 Å². The van der Waals surface area contributed by atoms with E-state index in [2.05, 4.69) is 5.10 Å². The van der Waals surface area contributed by atoms with Gasteiger partial charge in [0.05, 0.1) is 25.5 Å². The molecule has 1 aromatic rings. The molecule has 1 fully saturated rings. The number of benzene rings is 1. The van der Waals surface area contributed by atoms with E-state index in [1.54, 1.807) is 0 Å². The lowest BCUT2D eigenvalue weighted by Gasteiger charge is -2.17. The van der Waals surface area contributed by atoms with Gasteiger partial charge in [0.2, 0.25) is 0 Å². The molecule has 0 N–H and O–H groups in total. The van der Waals surface area contributed by atoms with E-state index in [9.17, 15) is 4.79 Å². The predicted molar refractivity (Wildman–Crippen MR) is 68.4 cm³/mol.